The molecule has 0 N–H and O–H groups in total. The van der Waals surface area contributed by atoms with Gasteiger partial charge in [0.2, 0.25) is 0 Å². The molecular weight excluding hydrogens is 324 g/mol. The molecule has 1 aliphatic heterocycles. The maximum Gasteiger partial charge on any atom is 0.339 e. The molecule has 3 rings (SSSR count). The molecule has 0 radical (unpaired) electrons. The number of cyclic esters (lactones) is 1. The molecule has 132 valence electrons. The van der Waals surface area contributed by atoms with Crippen molar-refractivity contribution < 1.29 is 28.5 Å². The highest BCUT2D eigenvalue weighted by atomic mass is 16.6. The van der Waals surface area contributed by atoms with Crippen molar-refractivity contribution in [3.63, 3.8) is 0 Å². The van der Waals surface area contributed by atoms with Crippen molar-refractivity contribution in [3.8, 4) is 23.0 Å². The number of hydrogen-bond donors (Lipinski definition) is 0. The number of methoxy groups -OCH3 is 4. The van der Waals surface area contributed by atoms with Crippen molar-refractivity contribution in [3.05, 3.63) is 46.5 Å². The molecule has 2 aromatic carbocycles. The summed E-state index contributed by atoms with van der Waals surface area (Å²) in [5.74, 6) is 1.86. The Morgan fingerprint density at radius 1 is 0.840 bits per heavy atom. The summed E-state index contributed by atoms with van der Waals surface area (Å²) in [5.41, 5.74) is 2.85. The first-order valence-corrected chi connectivity index (χ1v) is 7.73. The lowest BCUT2D eigenvalue weighted by Crippen LogP contribution is -2.05. The third-order valence-electron chi connectivity index (χ3n) is 4.33. The average molecular weight is 344 g/mol. The van der Waals surface area contributed by atoms with Crippen molar-refractivity contribution in [1.29, 1.82) is 0 Å². The summed E-state index contributed by atoms with van der Waals surface area (Å²) in [5, 5.41) is 0. The van der Waals surface area contributed by atoms with E-state index in [1.165, 1.54) is 7.11 Å². The van der Waals surface area contributed by atoms with Crippen LogP contribution in [0.25, 0.3) is 0 Å². The second kappa shape index (κ2) is 6.55. The monoisotopic (exact) mass is 344 g/mol. The summed E-state index contributed by atoms with van der Waals surface area (Å²) in [7, 11) is 6.24. The minimum Gasteiger partial charge on any atom is -0.497 e. The summed E-state index contributed by atoms with van der Waals surface area (Å²) < 4.78 is 27.1. The number of fused-ring (bicyclic) bond motifs is 1. The Morgan fingerprint density at radius 2 is 1.48 bits per heavy atom. The van der Waals surface area contributed by atoms with Crippen molar-refractivity contribution >= 4 is 5.97 Å². The van der Waals surface area contributed by atoms with Crippen LogP contribution in [0.15, 0.2) is 24.3 Å². The minimum atomic E-state index is -0.580. The summed E-state index contributed by atoms with van der Waals surface area (Å²) in [6, 6.07) is 7.08. The number of carbonyl (C=O) groups excluding carboxylic acids is 1. The number of hydrogen-bond acceptors (Lipinski definition) is 6. The maximum absolute atomic E-state index is 12.4. The topological polar surface area (TPSA) is 63.2 Å². The van der Waals surface area contributed by atoms with Crippen molar-refractivity contribution in [1.82, 2.24) is 0 Å². The standard InChI is InChI=1S/C19H20O6/c1-10-6-14(22-3)15(23-4)9-12(10)18-17-13(19(20)25-18)7-11(21-2)8-16(17)24-5/h6-9,18H,1-5H3/t18-/m1/s1. The van der Waals surface area contributed by atoms with Gasteiger partial charge in [-0.25, -0.2) is 4.79 Å². The number of aryl methyl sites for hydroxylation is 1. The van der Waals surface area contributed by atoms with E-state index in [9.17, 15) is 4.79 Å². The van der Waals surface area contributed by atoms with E-state index < -0.39 is 12.1 Å². The third-order valence-corrected chi connectivity index (χ3v) is 4.33. The predicted molar refractivity (Wildman–Crippen MR) is 91.1 cm³/mol. The van der Waals surface area contributed by atoms with Crippen LogP contribution in [0.1, 0.15) is 33.2 Å². The fourth-order valence-corrected chi connectivity index (χ4v) is 3.05. The molecule has 0 saturated heterocycles. The van der Waals surface area contributed by atoms with Crippen LogP contribution in [0.4, 0.5) is 0 Å². The van der Waals surface area contributed by atoms with E-state index in [1.807, 2.05) is 19.1 Å². The summed E-state index contributed by atoms with van der Waals surface area (Å²) >= 11 is 0. The van der Waals surface area contributed by atoms with Gasteiger partial charge in [0.25, 0.3) is 0 Å². The molecule has 2 aromatic rings. The maximum atomic E-state index is 12.4. The number of ether oxygens (including phenoxy) is 5. The highest BCUT2D eigenvalue weighted by molar-refractivity contribution is 5.96. The molecule has 0 aromatic heterocycles. The molecule has 1 aliphatic rings. The van der Waals surface area contributed by atoms with Crippen LogP contribution in [0.3, 0.4) is 0 Å². The highest BCUT2D eigenvalue weighted by Crippen LogP contribution is 2.46. The van der Waals surface area contributed by atoms with Gasteiger partial charge in [-0.05, 0) is 30.7 Å². The quantitative estimate of drug-likeness (QED) is 0.776. The molecule has 0 amide bonds. The molecule has 0 saturated carbocycles. The van der Waals surface area contributed by atoms with Gasteiger partial charge in [0, 0.05) is 11.6 Å². The Balaban J connectivity index is 2.18. The Labute approximate surface area is 146 Å². The SMILES string of the molecule is COc1cc(OC)c2c(c1)C(=O)O[C@@H]2c1cc(OC)c(OC)cc1C. The van der Waals surface area contributed by atoms with Gasteiger partial charge in [-0.1, -0.05) is 0 Å². The zero-order valence-corrected chi connectivity index (χ0v) is 14.8. The molecule has 0 aliphatic carbocycles. The minimum absolute atomic E-state index is 0.411. The summed E-state index contributed by atoms with van der Waals surface area (Å²) in [6.07, 6.45) is -0.580. The van der Waals surface area contributed by atoms with Gasteiger partial charge in [0.1, 0.15) is 11.5 Å². The lowest BCUT2D eigenvalue weighted by atomic mass is 9.94. The van der Waals surface area contributed by atoms with E-state index in [-0.39, 0.29) is 0 Å². The smallest absolute Gasteiger partial charge is 0.339 e. The summed E-state index contributed by atoms with van der Waals surface area (Å²) in [6.45, 7) is 1.93. The molecule has 6 heteroatoms. The van der Waals surface area contributed by atoms with Gasteiger partial charge in [-0.15, -0.1) is 0 Å². The van der Waals surface area contributed by atoms with Crippen LogP contribution < -0.4 is 18.9 Å². The van der Waals surface area contributed by atoms with Crippen LogP contribution in [0.5, 0.6) is 23.0 Å². The van der Waals surface area contributed by atoms with Crippen molar-refractivity contribution in [2.24, 2.45) is 0 Å². The van der Waals surface area contributed by atoms with Crippen LogP contribution in [-0.4, -0.2) is 34.4 Å². The number of benzene rings is 2. The van der Waals surface area contributed by atoms with Gasteiger partial charge in [0.05, 0.1) is 39.6 Å². The number of carbonyl (C=O) groups is 1. The first-order chi connectivity index (χ1) is 12.0. The largest absolute Gasteiger partial charge is 0.497 e. The second-order valence-electron chi connectivity index (χ2n) is 5.64. The first-order valence-electron chi connectivity index (χ1n) is 7.73. The number of esters is 1. The first kappa shape index (κ1) is 17.0. The molecule has 6 nitrogen and oxygen atoms in total. The highest BCUT2D eigenvalue weighted by Gasteiger charge is 2.37. The fraction of sp³-hybridized carbons (Fsp3) is 0.316. The fourth-order valence-electron chi connectivity index (χ4n) is 3.05. The lowest BCUT2D eigenvalue weighted by molar-refractivity contribution is 0.0453. The lowest BCUT2D eigenvalue weighted by Gasteiger charge is -2.19. The van der Waals surface area contributed by atoms with E-state index in [0.29, 0.717) is 34.1 Å². The zero-order valence-electron chi connectivity index (χ0n) is 14.8. The van der Waals surface area contributed by atoms with Crippen molar-refractivity contribution in [2.45, 2.75) is 13.0 Å². The van der Waals surface area contributed by atoms with Gasteiger partial charge in [0.15, 0.2) is 17.6 Å². The molecule has 1 atom stereocenters. The normalized spacial score (nSPS) is 15.4. The third kappa shape index (κ3) is 2.73. The Morgan fingerprint density at radius 3 is 2.08 bits per heavy atom. The second-order valence-corrected chi connectivity index (χ2v) is 5.64. The van der Waals surface area contributed by atoms with Gasteiger partial charge < -0.3 is 23.7 Å². The summed E-state index contributed by atoms with van der Waals surface area (Å²) in [4.78, 5) is 12.4. The van der Waals surface area contributed by atoms with Crippen LogP contribution in [0.2, 0.25) is 0 Å². The molecule has 25 heavy (non-hydrogen) atoms. The van der Waals surface area contributed by atoms with Crippen LogP contribution in [-0.2, 0) is 4.74 Å². The average Bonchev–Trinajstić information content (AvgIpc) is 2.97. The van der Waals surface area contributed by atoms with Gasteiger partial charge in [-0.2, -0.15) is 0 Å². The Kier molecular flexibility index (Phi) is 4.44. The number of rotatable bonds is 5. The van der Waals surface area contributed by atoms with Gasteiger partial charge >= 0.3 is 5.97 Å². The molecule has 0 unspecified atom stereocenters. The van der Waals surface area contributed by atoms with Crippen LogP contribution >= 0.6 is 0 Å². The van der Waals surface area contributed by atoms with Crippen LogP contribution in [0, 0.1) is 6.92 Å². The van der Waals surface area contributed by atoms with Crippen molar-refractivity contribution in [2.75, 3.05) is 28.4 Å². The molecule has 0 spiro atoms. The van der Waals surface area contributed by atoms with Gasteiger partial charge in [-0.3, -0.25) is 0 Å². The molecule has 0 fully saturated rings. The molecule has 1 heterocycles. The van der Waals surface area contributed by atoms with E-state index in [4.69, 9.17) is 23.7 Å². The van der Waals surface area contributed by atoms with E-state index in [1.54, 1.807) is 33.5 Å². The molecular formula is C19H20O6. The zero-order chi connectivity index (χ0) is 18.1. The molecule has 0 bridgehead atoms. The Bertz CT molecular complexity index is 827. The Hall–Kier alpha value is -2.89. The predicted octanol–water partition coefficient (Wildman–Crippen LogP) is 3.29. The van der Waals surface area contributed by atoms with E-state index in [2.05, 4.69) is 0 Å². The van der Waals surface area contributed by atoms with E-state index in [0.717, 1.165) is 11.1 Å². The van der Waals surface area contributed by atoms with E-state index >= 15 is 0 Å².